The van der Waals surface area contributed by atoms with Gasteiger partial charge in [0.1, 0.15) is 5.25 Å². The molecule has 9 heteroatoms. The third-order valence-electron chi connectivity index (χ3n) is 5.20. The molecule has 0 radical (unpaired) electrons. The average molecular weight is 456 g/mol. The van der Waals surface area contributed by atoms with E-state index >= 15 is 0 Å². The van der Waals surface area contributed by atoms with Crippen molar-refractivity contribution < 1.29 is 14.8 Å². The number of aryl methyl sites for hydroxylation is 1. The second-order valence-corrected chi connectivity index (χ2v) is 9.72. The number of hydrogen-bond acceptors (Lipinski definition) is 6. The van der Waals surface area contributed by atoms with Gasteiger partial charge in [-0.15, -0.1) is 11.8 Å². The molecule has 2 atom stereocenters. The van der Waals surface area contributed by atoms with Crippen LogP contribution in [0.15, 0.2) is 64.4 Å². The first-order valence-electron chi connectivity index (χ1n) is 9.66. The number of hydrogen-bond donors (Lipinski definition) is 2. The summed E-state index contributed by atoms with van der Waals surface area (Å²) in [6, 6.07) is 16.8. The quantitative estimate of drug-likeness (QED) is 0.401. The molecular formula is C22H21N3O4S2. The fraction of sp³-hybridized carbons (Fsp3) is 0.227. The monoisotopic (exact) mass is 455 g/mol. The molecular weight excluding hydrogens is 434 g/mol. The van der Waals surface area contributed by atoms with Gasteiger partial charge >= 0.3 is 5.97 Å². The van der Waals surface area contributed by atoms with E-state index in [1.54, 1.807) is 23.9 Å². The molecule has 0 spiro atoms. The molecule has 0 amide bonds. The van der Waals surface area contributed by atoms with Crippen LogP contribution >= 0.6 is 23.5 Å². The molecule has 1 aliphatic heterocycles. The van der Waals surface area contributed by atoms with Gasteiger partial charge in [0, 0.05) is 51.1 Å². The number of thioether (sulfide) groups is 1. The highest BCUT2D eigenvalue weighted by Gasteiger charge is 2.32. The van der Waals surface area contributed by atoms with E-state index in [0.717, 1.165) is 32.4 Å². The van der Waals surface area contributed by atoms with Gasteiger partial charge in [-0.3, -0.25) is 20.2 Å². The maximum absolute atomic E-state index is 11.3. The summed E-state index contributed by atoms with van der Waals surface area (Å²) in [7, 11) is 0. The van der Waals surface area contributed by atoms with E-state index < -0.39 is 16.1 Å². The predicted molar refractivity (Wildman–Crippen MR) is 122 cm³/mol. The third kappa shape index (κ3) is 4.48. The van der Waals surface area contributed by atoms with Gasteiger partial charge in [0.25, 0.3) is 5.69 Å². The van der Waals surface area contributed by atoms with Crippen molar-refractivity contribution in [3.8, 4) is 5.69 Å². The van der Waals surface area contributed by atoms with Gasteiger partial charge in [0.2, 0.25) is 0 Å². The van der Waals surface area contributed by atoms with Crippen molar-refractivity contribution in [2.45, 2.75) is 34.3 Å². The van der Waals surface area contributed by atoms with Crippen molar-refractivity contribution in [1.82, 2.24) is 9.88 Å². The minimum atomic E-state index is -0.782. The molecule has 2 aromatic carbocycles. The Morgan fingerprint density at radius 2 is 1.77 bits per heavy atom. The van der Waals surface area contributed by atoms with Crippen LogP contribution in [-0.4, -0.2) is 32.4 Å². The minimum absolute atomic E-state index is 0.0296. The number of rotatable bonds is 6. The topological polar surface area (TPSA) is 97.4 Å². The highest BCUT2D eigenvalue weighted by molar-refractivity contribution is 8.01. The van der Waals surface area contributed by atoms with Crippen LogP contribution in [0.2, 0.25) is 0 Å². The van der Waals surface area contributed by atoms with E-state index in [2.05, 4.69) is 22.9 Å². The standard InChI is InChI=1S/C22H21N3O4S2/c1-13-11-19(21-23-12-20(31-21)22(26)27)14(2)24(13)15-3-7-17(8-4-15)30-18-9-5-16(6-10-18)25(28)29/h3-11,20-21,23H,12H2,1-2H3,(H,26,27)/t20-,21-/m1/s1. The second kappa shape index (κ2) is 8.78. The Bertz CT molecular complexity index is 1130. The number of non-ortho nitro benzene ring substituents is 1. The smallest absolute Gasteiger partial charge is 0.318 e. The zero-order chi connectivity index (χ0) is 22.1. The van der Waals surface area contributed by atoms with Crippen LogP contribution in [0.1, 0.15) is 22.3 Å². The summed E-state index contributed by atoms with van der Waals surface area (Å²) in [5, 5.41) is 22.9. The van der Waals surface area contributed by atoms with Crippen LogP contribution in [0.4, 0.5) is 5.69 Å². The fourth-order valence-electron chi connectivity index (χ4n) is 3.69. The summed E-state index contributed by atoms with van der Waals surface area (Å²) in [6.45, 7) is 4.56. The van der Waals surface area contributed by atoms with Crippen LogP contribution in [-0.2, 0) is 4.79 Å². The third-order valence-corrected chi connectivity index (χ3v) is 7.60. The minimum Gasteiger partial charge on any atom is -0.480 e. The van der Waals surface area contributed by atoms with Gasteiger partial charge in [-0.25, -0.2) is 0 Å². The van der Waals surface area contributed by atoms with Gasteiger partial charge in [0.15, 0.2) is 0 Å². The zero-order valence-corrected chi connectivity index (χ0v) is 18.6. The van der Waals surface area contributed by atoms with Gasteiger partial charge in [-0.1, -0.05) is 11.8 Å². The van der Waals surface area contributed by atoms with E-state index in [0.29, 0.717) is 6.54 Å². The van der Waals surface area contributed by atoms with Crippen molar-refractivity contribution in [2.24, 2.45) is 0 Å². The number of aromatic nitrogens is 1. The fourth-order valence-corrected chi connectivity index (χ4v) is 5.72. The maximum atomic E-state index is 11.3. The highest BCUT2D eigenvalue weighted by atomic mass is 32.2. The lowest BCUT2D eigenvalue weighted by Crippen LogP contribution is -2.21. The average Bonchev–Trinajstić information content (AvgIpc) is 3.34. The Morgan fingerprint density at radius 3 is 2.32 bits per heavy atom. The number of nitro groups is 1. The van der Waals surface area contributed by atoms with Crippen molar-refractivity contribution in [3.05, 3.63) is 81.7 Å². The summed E-state index contributed by atoms with van der Waals surface area (Å²) in [4.78, 5) is 23.6. The molecule has 0 aliphatic carbocycles. The first-order valence-corrected chi connectivity index (χ1v) is 11.4. The lowest BCUT2D eigenvalue weighted by molar-refractivity contribution is -0.384. The molecule has 2 heterocycles. The van der Waals surface area contributed by atoms with Gasteiger partial charge in [0.05, 0.1) is 10.3 Å². The Labute approximate surface area is 188 Å². The van der Waals surface area contributed by atoms with E-state index in [9.17, 15) is 20.0 Å². The molecule has 1 fully saturated rings. The van der Waals surface area contributed by atoms with Crippen LogP contribution < -0.4 is 5.32 Å². The Balaban J connectivity index is 1.52. The summed E-state index contributed by atoms with van der Waals surface area (Å²) in [6.07, 6.45) is 0. The lowest BCUT2D eigenvalue weighted by atomic mass is 10.2. The van der Waals surface area contributed by atoms with E-state index in [-0.39, 0.29) is 11.1 Å². The van der Waals surface area contributed by atoms with Crippen molar-refractivity contribution >= 4 is 35.2 Å². The van der Waals surface area contributed by atoms with Crippen LogP contribution in [0.25, 0.3) is 5.69 Å². The zero-order valence-electron chi connectivity index (χ0n) is 16.9. The van der Waals surface area contributed by atoms with Crippen LogP contribution in [0.3, 0.4) is 0 Å². The van der Waals surface area contributed by atoms with Crippen molar-refractivity contribution in [1.29, 1.82) is 0 Å². The summed E-state index contributed by atoms with van der Waals surface area (Å²) < 4.78 is 2.17. The van der Waals surface area contributed by atoms with Gasteiger partial charge < -0.3 is 9.67 Å². The molecule has 31 heavy (non-hydrogen) atoms. The molecule has 7 nitrogen and oxygen atoms in total. The van der Waals surface area contributed by atoms with E-state index in [1.807, 2.05) is 31.2 Å². The van der Waals surface area contributed by atoms with Gasteiger partial charge in [-0.05, 0) is 56.3 Å². The molecule has 4 rings (SSSR count). The number of carboxylic acids is 1. The number of carboxylic acid groups (broad SMARTS) is 1. The van der Waals surface area contributed by atoms with Crippen LogP contribution in [0, 0.1) is 24.0 Å². The molecule has 0 unspecified atom stereocenters. The molecule has 0 bridgehead atoms. The van der Waals surface area contributed by atoms with Crippen LogP contribution in [0.5, 0.6) is 0 Å². The molecule has 1 saturated heterocycles. The predicted octanol–water partition coefficient (Wildman–Crippen LogP) is 4.94. The Hall–Kier alpha value is -2.75. The number of carbonyl (C=O) groups is 1. The Kier molecular flexibility index (Phi) is 6.08. The normalized spacial score (nSPS) is 18.3. The van der Waals surface area contributed by atoms with Crippen molar-refractivity contribution in [3.63, 3.8) is 0 Å². The first kappa shape index (κ1) is 21.5. The number of nitro benzene ring substituents is 1. The number of nitrogens with one attached hydrogen (secondary N) is 1. The summed E-state index contributed by atoms with van der Waals surface area (Å²) in [5.41, 5.74) is 4.40. The van der Waals surface area contributed by atoms with E-state index in [1.165, 1.54) is 23.9 Å². The molecule has 1 aliphatic rings. The highest BCUT2D eigenvalue weighted by Crippen LogP contribution is 2.38. The molecule has 0 saturated carbocycles. The molecule has 3 aromatic rings. The molecule has 2 N–H and O–H groups in total. The summed E-state index contributed by atoms with van der Waals surface area (Å²) >= 11 is 2.99. The first-order chi connectivity index (χ1) is 14.8. The SMILES string of the molecule is Cc1cc([C@@H]2NC[C@H](C(=O)O)S2)c(C)n1-c1ccc(Sc2ccc([N+](=O)[O-])cc2)cc1. The van der Waals surface area contributed by atoms with E-state index in [4.69, 9.17) is 0 Å². The van der Waals surface area contributed by atoms with Crippen molar-refractivity contribution in [2.75, 3.05) is 6.54 Å². The Morgan fingerprint density at radius 1 is 1.16 bits per heavy atom. The number of benzene rings is 2. The summed E-state index contributed by atoms with van der Waals surface area (Å²) in [5.74, 6) is -0.782. The molecule has 160 valence electrons. The number of nitrogens with zero attached hydrogens (tertiary/aromatic N) is 2. The van der Waals surface area contributed by atoms with Gasteiger partial charge in [-0.2, -0.15) is 0 Å². The lowest BCUT2D eigenvalue weighted by Gasteiger charge is -2.13. The maximum Gasteiger partial charge on any atom is 0.318 e. The largest absolute Gasteiger partial charge is 0.480 e. The second-order valence-electron chi connectivity index (χ2n) is 7.26. The number of aliphatic carboxylic acids is 1. The molecule has 1 aromatic heterocycles.